The molecule has 0 atom stereocenters. The van der Waals surface area contributed by atoms with Crippen LogP contribution in [-0.4, -0.2) is 41.3 Å². The molecular weight excluding hydrogens is 328 g/mol. The maximum absolute atomic E-state index is 12.5. The summed E-state index contributed by atoms with van der Waals surface area (Å²) in [6.07, 6.45) is 1.08. The van der Waals surface area contributed by atoms with Gasteiger partial charge in [-0.05, 0) is 36.4 Å². The first-order valence-electron chi connectivity index (χ1n) is 7.26. The third kappa shape index (κ3) is 4.26. The SMILES string of the molecule is COc1ccc(N(CC(=O)N(C)c2ccccc2)S(C)(=O)=O)cc1. The second-order valence-corrected chi connectivity index (χ2v) is 7.16. The molecule has 0 unspecified atom stereocenters. The highest BCUT2D eigenvalue weighted by atomic mass is 32.2. The topological polar surface area (TPSA) is 66.9 Å². The van der Waals surface area contributed by atoms with Crippen molar-refractivity contribution >= 4 is 27.3 Å². The van der Waals surface area contributed by atoms with Gasteiger partial charge in [-0.2, -0.15) is 0 Å². The van der Waals surface area contributed by atoms with Gasteiger partial charge < -0.3 is 9.64 Å². The van der Waals surface area contributed by atoms with E-state index in [2.05, 4.69) is 0 Å². The van der Waals surface area contributed by atoms with Crippen LogP contribution in [0.5, 0.6) is 5.75 Å². The number of likely N-dealkylation sites (N-methyl/N-ethyl adjacent to an activating group) is 1. The largest absolute Gasteiger partial charge is 0.497 e. The minimum atomic E-state index is -3.60. The molecule has 0 saturated carbocycles. The van der Waals surface area contributed by atoms with E-state index < -0.39 is 10.0 Å². The van der Waals surface area contributed by atoms with E-state index in [4.69, 9.17) is 4.74 Å². The Balaban J connectivity index is 2.24. The van der Waals surface area contributed by atoms with Crippen molar-refractivity contribution < 1.29 is 17.9 Å². The van der Waals surface area contributed by atoms with Crippen molar-refractivity contribution in [1.82, 2.24) is 0 Å². The molecule has 0 spiro atoms. The molecule has 6 nitrogen and oxygen atoms in total. The average Bonchev–Trinajstić information content (AvgIpc) is 2.58. The maximum Gasteiger partial charge on any atom is 0.247 e. The molecule has 24 heavy (non-hydrogen) atoms. The number of sulfonamides is 1. The van der Waals surface area contributed by atoms with E-state index in [1.165, 1.54) is 12.0 Å². The van der Waals surface area contributed by atoms with Crippen LogP contribution in [0.1, 0.15) is 0 Å². The van der Waals surface area contributed by atoms with Gasteiger partial charge in [0.2, 0.25) is 15.9 Å². The summed E-state index contributed by atoms with van der Waals surface area (Å²) < 4.78 is 30.4. The van der Waals surface area contributed by atoms with Crippen LogP contribution in [0.4, 0.5) is 11.4 Å². The number of nitrogens with zero attached hydrogens (tertiary/aromatic N) is 2. The Kier molecular flexibility index (Phi) is 5.46. The van der Waals surface area contributed by atoms with Crippen LogP contribution >= 0.6 is 0 Å². The molecule has 128 valence electrons. The van der Waals surface area contributed by atoms with Crippen LogP contribution in [0.3, 0.4) is 0 Å². The number of carbonyl (C=O) groups excluding carboxylic acids is 1. The zero-order chi connectivity index (χ0) is 17.7. The minimum Gasteiger partial charge on any atom is -0.497 e. The molecule has 7 heteroatoms. The van der Waals surface area contributed by atoms with Gasteiger partial charge in [-0.15, -0.1) is 0 Å². The van der Waals surface area contributed by atoms with Gasteiger partial charge in [0.25, 0.3) is 0 Å². The van der Waals surface area contributed by atoms with Crippen molar-refractivity contribution in [3.8, 4) is 5.75 Å². The van der Waals surface area contributed by atoms with Gasteiger partial charge in [-0.1, -0.05) is 18.2 Å². The summed E-state index contributed by atoms with van der Waals surface area (Å²) >= 11 is 0. The number of hydrogen-bond acceptors (Lipinski definition) is 4. The quantitative estimate of drug-likeness (QED) is 0.802. The fourth-order valence-corrected chi connectivity index (χ4v) is 3.02. The number of carbonyl (C=O) groups is 1. The summed E-state index contributed by atoms with van der Waals surface area (Å²) in [4.78, 5) is 13.9. The lowest BCUT2D eigenvalue weighted by Gasteiger charge is -2.25. The lowest BCUT2D eigenvalue weighted by molar-refractivity contribution is -0.116. The maximum atomic E-state index is 12.5. The van der Waals surface area contributed by atoms with Gasteiger partial charge >= 0.3 is 0 Å². The Morgan fingerprint density at radius 2 is 1.58 bits per heavy atom. The molecule has 2 rings (SSSR count). The van der Waals surface area contributed by atoms with Gasteiger partial charge in [-0.25, -0.2) is 8.42 Å². The highest BCUT2D eigenvalue weighted by molar-refractivity contribution is 7.92. The minimum absolute atomic E-state index is 0.281. The van der Waals surface area contributed by atoms with Crippen molar-refractivity contribution in [2.24, 2.45) is 0 Å². The molecule has 0 heterocycles. The third-order valence-electron chi connectivity index (χ3n) is 3.56. The number of rotatable bonds is 6. The molecule has 0 aliphatic rings. The van der Waals surface area contributed by atoms with Crippen LogP contribution in [0.25, 0.3) is 0 Å². The van der Waals surface area contributed by atoms with Crippen LogP contribution in [-0.2, 0) is 14.8 Å². The lowest BCUT2D eigenvalue weighted by Crippen LogP contribution is -2.41. The molecule has 0 N–H and O–H groups in total. The average molecular weight is 348 g/mol. The third-order valence-corrected chi connectivity index (χ3v) is 4.70. The van der Waals surface area contributed by atoms with Crippen LogP contribution in [0.2, 0.25) is 0 Å². The summed E-state index contributed by atoms with van der Waals surface area (Å²) in [5.74, 6) is 0.280. The Morgan fingerprint density at radius 1 is 1.00 bits per heavy atom. The number of anilines is 2. The Labute approximate surface area is 142 Å². The summed E-state index contributed by atoms with van der Waals surface area (Å²) in [7, 11) is -0.457. The Morgan fingerprint density at radius 3 is 2.08 bits per heavy atom. The predicted octanol–water partition coefficient (Wildman–Crippen LogP) is 2.12. The molecule has 2 aromatic rings. The van der Waals surface area contributed by atoms with E-state index in [1.807, 2.05) is 18.2 Å². The van der Waals surface area contributed by atoms with Crippen LogP contribution < -0.4 is 13.9 Å². The monoisotopic (exact) mass is 348 g/mol. The second-order valence-electron chi connectivity index (χ2n) is 5.26. The highest BCUT2D eigenvalue weighted by Crippen LogP contribution is 2.22. The molecule has 0 saturated heterocycles. The van der Waals surface area contributed by atoms with E-state index in [9.17, 15) is 13.2 Å². The van der Waals surface area contributed by atoms with Crippen molar-refractivity contribution in [2.75, 3.05) is 36.2 Å². The number of ether oxygens (including phenoxy) is 1. The molecule has 0 radical (unpaired) electrons. The van der Waals surface area contributed by atoms with E-state index in [1.54, 1.807) is 43.4 Å². The van der Waals surface area contributed by atoms with E-state index in [-0.39, 0.29) is 12.5 Å². The molecule has 1 amide bonds. The Hall–Kier alpha value is -2.54. The van der Waals surface area contributed by atoms with Crippen LogP contribution in [0, 0.1) is 0 Å². The molecule has 2 aromatic carbocycles. The molecule has 0 aliphatic carbocycles. The Bertz CT molecular complexity index is 789. The summed E-state index contributed by atoms with van der Waals surface area (Å²) in [6.45, 7) is -0.281. The summed E-state index contributed by atoms with van der Waals surface area (Å²) in [6, 6.07) is 15.6. The van der Waals surface area contributed by atoms with Gasteiger partial charge in [0.1, 0.15) is 12.3 Å². The van der Waals surface area contributed by atoms with Gasteiger partial charge in [0.05, 0.1) is 19.1 Å². The van der Waals surface area contributed by atoms with Crippen molar-refractivity contribution in [2.45, 2.75) is 0 Å². The van der Waals surface area contributed by atoms with Gasteiger partial charge in [0.15, 0.2) is 0 Å². The molecule has 0 aliphatic heterocycles. The molecule has 0 bridgehead atoms. The van der Waals surface area contributed by atoms with Crippen molar-refractivity contribution in [1.29, 1.82) is 0 Å². The van der Waals surface area contributed by atoms with Crippen LogP contribution in [0.15, 0.2) is 54.6 Å². The highest BCUT2D eigenvalue weighted by Gasteiger charge is 2.23. The first kappa shape index (κ1) is 17.8. The first-order valence-corrected chi connectivity index (χ1v) is 9.11. The number of amides is 1. The fourth-order valence-electron chi connectivity index (χ4n) is 2.17. The zero-order valence-corrected chi connectivity index (χ0v) is 14.7. The molecule has 0 aromatic heterocycles. The van der Waals surface area contributed by atoms with E-state index in [0.717, 1.165) is 10.6 Å². The van der Waals surface area contributed by atoms with Gasteiger partial charge in [-0.3, -0.25) is 9.10 Å². The normalized spacial score (nSPS) is 11.0. The lowest BCUT2D eigenvalue weighted by atomic mass is 10.3. The molecule has 0 fully saturated rings. The van der Waals surface area contributed by atoms with E-state index in [0.29, 0.717) is 17.1 Å². The number of para-hydroxylation sites is 1. The zero-order valence-electron chi connectivity index (χ0n) is 13.8. The first-order chi connectivity index (χ1) is 11.3. The molecular formula is C17H20N2O4S. The number of benzene rings is 2. The van der Waals surface area contributed by atoms with Gasteiger partial charge in [0, 0.05) is 12.7 Å². The standard InChI is InChI=1S/C17H20N2O4S/c1-18(14-7-5-4-6-8-14)17(20)13-19(24(3,21)22)15-9-11-16(23-2)12-10-15/h4-12H,13H2,1-3H3. The van der Waals surface area contributed by atoms with E-state index >= 15 is 0 Å². The van der Waals surface area contributed by atoms with Crippen molar-refractivity contribution in [3.63, 3.8) is 0 Å². The predicted molar refractivity (Wildman–Crippen MR) is 95.0 cm³/mol. The fraction of sp³-hybridized carbons (Fsp3) is 0.235. The number of hydrogen-bond donors (Lipinski definition) is 0. The van der Waals surface area contributed by atoms with Crippen molar-refractivity contribution in [3.05, 3.63) is 54.6 Å². The smallest absolute Gasteiger partial charge is 0.247 e. The summed E-state index contributed by atoms with van der Waals surface area (Å²) in [5.41, 5.74) is 1.11. The second kappa shape index (κ2) is 7.35. The number of methoxy groups -OCH3 is 1. The summed E-state index contributed by atoms with van der Waals surface area (Å²) in [5, 5.41) is 0.